The predicted molar refractivity (Wildman–Crippen MR) is 71.5 cm³/mol. The van der Waals surface area contributed by atoms with E-state index < -0.39 is 0 Å². The quantitative estimate of drug-likeness (QED) is 0.705. The smallest absolute Gasteiger partial charge is 0.239 e. The van der Waals surface area contributed by atoms with Gasteiger partial charge >= 0.3 is 0 Å². The molecule has 0 spiro atoms. The molecule has 1 aromatic heterocycles. The molecule has 1 amide bonds. The van der Waals surface area contributed by atoms with Crippen LogP contribution >= 0.6 is 0 Å². The van der Waals surface area contributed by atoms with Crippen LogP contribution in [0.3, 0.4) is 0 Å². The number of nitrogens with one attached hydrogen (secondary N) is 1. The van der Waals surface area contributed by atoms with E-state index in [1.807, 2.05) is 13.0 Å². The van der Waals surface area contributed by atoms with E-state index in [1.165, 1.54) is 0 Å². The van der Waals surface area contributed by atoms with Gasteiger partial charge in [-0.1, -0.05) is 0 Å². The molecule has 0 unspecified atom stereocenters. The highest BCUT2D eigenvalue weighted by molar-refractivity contribution is 5.82. The van der Waals surface area contributed by atoms with Crippen molar-refractivity contribution in [3.63, 3.8) is 0 Å². The van der Waals surface area contributed by atoms with Gasteiger partial charge in [0.05, 0.1) is 18.8 Å². The van der Waals surface area contributed by atoms with Gasteiger partial charge in [-0.3, -0.25) is 4.79 Å². The zero-order valence-electron chi connectivity index (χ0n) is 11.1. The number of anilines is 2. The number of carbonyl (C=O) groups is 1. The number of pyridine rings is 1. The summed E-state index contributed by atoms with van der Waals surface area (Å²) in [7, 11) is 3.38. The summed E-state index contributed by atoms with van der Waals surface area (Å²) in [5.74, 6) is 0.536. The number of hydrogen-bond donors (Lipinski definition) is 2. The molecule has 0 radical (unpaired) electrons. The van der Waals surface area contributed by atoms with Gasteiger partial charge in [-0.15, -0.1) is 0 Å². The van der Waals surface area contributed by atoms with E-state index in [2.05, 4.69) is 10.3 Å². The molecular formula is C12H20N4O2. The first-order chi connectivity index (χ1) is 8.54. The van der Waals surface area contributed by atoms with E-state index in [0.717, 1.165) is 5.69 Å². The van der Waals surface area contributed by atoms with Gasteiger partial charge in [0.15, 0.2) is 5.82 Å². The van der Waals surface area contributed by atoms with Crippen LogP contribution in [0.2, 0.25) is 0 Å². The van der Waals surface area contributed by atoms with Crippen LogP contribution < -0.4 is 16.0 Å². The van der Waals surface area contributed by atoms with E-state index in [1.54, 1.807) is 25.1 Å². The van der Waals surface area contributed by atoms with Crippen LogP contribution in [0.15, 0.2) is 12.1 Å². The van der Waals surface area contributed by atoms with Gasteiger partial charge in [0.2, 0.25) is 5.91 Å². The standard InChI is InChI=1S/C12H20N4O2/c1-9-4-5-10(13)12(15-9)16(2)8-11(17)14-6-7-18-3/h4-5H,6-8,13H2,1-3H3,(H,14,17). The lowest BCUT2D eigenvalue weighted by Gasteiger charge is -2.19. The molecule has 0 bridgehead atoms. The molecule has 1 rings (SSSR count). The van der Waals surface area contributed by atoms with Gasteiger partial charge in [-0.05, 0) is 19.1 Å². The van der Waals surface area contributed by atoms with Gasteiger partial charge in [-0.25, -0.2) is 4.98 Å². The van der Waals surface area contributed by atoms with Crippen molar-refractivity contribution in [2.45, 2.75) is 6.92 Å². The minimum absolute atomic E-state index is 0.0859. The molecule has 6 heteroatoms. The van der Waals surface area contributed by atoms with E-state index in [4.69, 9.17) is 10.5 Å². The number of amides is 1. The van der Waals surface area contributed by atoms with Gasteiger partial charge in [-0.2, -0.15) is 0 Å². The van der Waals surface area contributed by atoms with Crippen molar-refractivity contribution >= 4 is 17.4 Å². The summed E-state index contributed by atoms with van der Waals surface area (Å²) < 4.78 is 4.86. The molecular weight excluding hydrogens is 232 g/mol. The second kappa shape index (κ2) is 6.80. The van der Waals surface area contributed by atoms with Crippen LogP contribution in [-0.4, -0.2) is 44.7 Å². The molecule has 1 aromatic rings. The number of nitrogens with zero attached hydrogens (tertiary/aromatic N) is 2. The highest BCUT2D eigenvalue weighted by Gasteiger charge is 2.11. The molecule has 0 saturated heterocycles. The second-order valence-electron chi connectivity index (χ2n) is 4.06. The average Bonchev–Trinajstić information content (AvgIpc) is 2.32. The Bertz CT molecular complexity index is 409. The molecule has 0 aliphatic rings. The third-order valence-corrected chi connectivity index (χ3v) is 2.42. The fourth-order valence-electron chi connectivity index (χ4n) is 1.50. The molecule has 0 aromatic carbocycles. The summed E-state index contributed by atoms with van der Waals surface area (Å²) in [6.45, 7) is 3.10. The fourth-order valence-corrected chi connectivity index (χ4v) is 1.50. The van der Waals surface area contributed by atoms with E-state index in [9.17, 15) is 4.79 Å². The van der Waals surface area contributed by atoms with Crippen LogP contribution in [0.5, 0.6) is 0 Å². The number of nitrogen functional groups attached to an aromatic ring is 1. The van der Waals surface area contributed by atoms with Crippen molar-refractivity contribution in [2.75, 3.05) is 44.5 Å². The van der Waals surface area contributed by atoms with Crippen molar-refractivity contribution in [2.24, 2.45) is 0 Å². The number of nitrogens with two attached hydrogens (primary N) is 1. The summed E-state index contributed by atoms with van der Waals surface area (Å²) in [5.41, 5.74) is 7.26. The Morgan fingerprint density at radius 1 is 1.56 bits per heavy atom. The van der Waals surface area contributed by atoms with Gasteiger partial charge in [0.25, 0.3) is 0 Å². The number of likely N-dealkylation sites (N-methyl/N-ethyl adjacent to an activating group) is 1. The first kappa shape index (κ1) is 14.2. The first-order valence-corrected chi connectivity index (χ1v) is 5.74. The highest BCUT2D eigenvalue weighted by Crippen LogP contribution is 2.18. The third-order valence-electron chi connectivity index (χ3n) is 2.42. The molecule has 0 atom stereocenters. The van der Waals surface area contributed by atoms with Crippen LogP contribution in [0.4, 0.5) is 11.5 Å². The predicted octanol–water partition coefficient (Wildman–Crippen LogP) is 0.171. The van der Waals surface area contributed by atoms with E-state index in [-0.39, 0.29) is 12.5 Å². The number of ether oxygens (including phenoxy) is 1. The Balaban J connectivity index is 2.56. The molecule has 0 aliphatic heterocycles. The monoisotopic (exact) mass is 252 g/mol. The Hall–Kier alpha value is -1.82. The number of aryl methyl sites for hydroxylation is 1. The number of carbonyl (C=O) groups excluding carboxylic acids is 1. The SMILES string of the molecule is COCCNC(=O)CN(C)c1nc(C)ccc1N. The van der Waals surface area contributed by atoms with Crippen molar-refractivity contribution in [1.29, 1.82) is 0 Å². The average molecular weight is 252 g/mol. The van der Waals surface area contributed by atoms with E-state index in [0.29, 0.717) is 24.7 Å². The number of hydrogen-bond acceptors (Lipinski definition) is 5. The normalized spacial score (nSPS) is 10.2. The van der Waals surface area contributed by atoms with Crippen LogP contribution in [0, 0.1) is 6.92 Å². The molecule has 0 saturated carbocycles. The summed E-state index contributed by atoms with van der Waals surface area (Å²) in [6.07, 6.45) is 0. The minimum atomic E-state index is -0.0859. The maximum absolute atomic E-state index is 11.6. The maximum Gasteiger partial charge on any atom is 0.239 e. The second-order valence-corrected chi connectivity index (χ2v) is 4.06. The van der Waals surface area contributed by atoms with Crippen LogP contribution in [-0.2, 0) is 9.53 Å². The van der Waals surface area contributed by atoms with Crippen LogP contribution in [0.1, 0.15) is 5.69 Å². The lowest BCUT2D eigenvalue weighted by Crippen LogP contribution is -2.37. The van der Waals surface area contributed by atoms with Crippen LogP contribution in [0.25, 0.3) is 0 Å². The van der Waals surface area contributed by atoms with E-state index >= 15 is 0 Å². The van der Waals surface area contributed by atoms with Gasteiger partial charge in [0.1, 0.15) is 0 Å². The Morgan fingerprint density at radius 2 is 2.28 bits per heavy atom. The minimum Gasteiger partial charge on any atom is -0.396 e. The molecule has 1 heterocycles. The molecule has 100 valence electrons. The Morgan fingerprint density at radius 3 is 2.94 bits per heavy atom. The Labute approximate surface area is 107 Å². The lowest BCUT2D eigenvalue weighted by molar-refractivity contribution is -0.119. The zero-order chi connectivity index (χ0) is 13.5. The molecule has 0 aliphatic carbocycles. The number of aromatic nitrogens is 1. The van der Waals surface area contributed by atoms with Crippen molar-refractivity contribution in [3.8, 4) is 0 Å². The number of methoxy groups -OCH3 is 1. The summed E-state index contributed by atoms with van der Waals surface area (Å²) >= 11 is 0. The zero-order valence-corrected chi connectivity index (χ0v) is 11.1. The summed E-state index contributed by atoms with van der Waals surface area (Å²) in [5, 5.41) is 2.74. The van der Waals surface area contributed by atoms with Crippen molar-refractivity contribution in [1.82, 2.24) is 10.3 Å². The molecule has 3 N–H and O–H groups in total. The topological polar surface area (TPSA) is 80.5 Å². The van der Waals surface area contributed by atoms with Crippen molar-refractivity contribution < 1.29 is 9.53 Å². The lowest BCUT2D eigenvalue weighted by atomic mass is 10.3. The summed E-state index contributed by atoms with van der Waals surface area (Å²) in [4.78, 5) is 17.7. The van der Waals surface area contributed by atoms with Crippen molar-refractivity contribution in [3.05, 3.63) is 17.8 Å². The maximum atomic E-state index is 11.6. The molecule has 6 nitrogen and oxygen atoms in total. The summed E-state index contributed by atoms with van der Waals surface area (Å²) in [6, 6.07) is 3.63. The largest absolute Gasteiger partial charge is 0.396 e. The van der Waals surface area contributed by atoms with Gasteiger partial charge < -0.3 is 20.7 Å². The van der Waals surface area contributed by atoms with Gasteiger partial charge in [0, 0.05) is 26.4 Å². The Kier molecular flexibility index (Phi) is 5.38. The highest BCUT2D eigenvalue weighted by atomic mass is 16.5. The molecule has 0 fully saturated rings. The number of rotatable bonds is 6. The molecule has 18 heavy (non-hydrogen) atoms. The first-order valence-electron chi connectivity index (χ1n) is 5.74. The fraction of sp³-hybridized carbons (Fsp3) is 0.500. The third kappa shape index (κ3) is 4.21.